The Morgan fingerprint density at radius 2 is 1.89 bits per heavy atom. The van der Waals surface area contributed by atoms with Crippen LogP contribution in [-0.4, -0.2) is 4.98 Å². The van der Waals surface area contributed by atoms with E-state index in [2.05, 4.69) is 47.5 Å². The van der Waals surface area contributed by atoms with Gasteiger partial charge in [-0.1, -0.05) is 50.3 Å². The van der Waals surface area contributed by atoms with Crippen LogP contribution in [0.1, 0.15) is 25.8 Å². The van der Waals surface area contributed by atoms with Gasteiger partial charge in [-0.2, -0.15) is 0 Å². The van der Waals surface area contributed by atoms with E-state index < -0.39 is 0 Å². The Morgan fingerprint density at radius 3 is 2.74 bits per heavy atom. The summed E-state index contributed by atoms with van der Waals surface area (Å²) in [5, 5.41) is 1.25. The van der Waals surface area contributed by atoms with E-state index in [1.807, 2.05) is 26.1 Å². The second-order valence-electron chi connectivity index (χ2n) is 4.92. The van der Waals surface area contributed by atoms with Gasteiger partial charge in [0.15, 0.2) is 0 Å². The second kappa shape index (κ2) is 5.00. The normalized spacial score (nSPS) is 23.2. The van der Waals surface area contributed by atoms with E-state index in [1.165, 1.54) is 22.9 Å². The third kappa shape index (κ3) is 2.21. The third-order valence-corrected chi connectivity index (χ3v) is 3.77. The summed E-state index contributed by atoms with van der Waals surface area (Å²) in [6.45, 7) is 4.00. The molecule has 1 aromatic carbocycles. The molecule has 2 unspecified atom stereocenters. The fraction of sp³-hybridized carbons (Fsp3) is 0.278. The lowest BCUT2D eigenvalue weighted by Gasteiger charge is -2.09. The number of fused-ring (bicyclic) bond motifs is 2. The molecule has 0 bridgehead atoms. The van der Waals surface area contributed by atoms with Gasteiger partial charge in [-0.3, -0.25) is 4.98 Å². The van der Waals surface area contributed by atoms with Crippen LogP contribution in [0.2, 0.25) is 0 Å². The minimum atomic E-state index is 0.793. The number of allylic oxidation sites excluding steroid dienone is 4. The highest BCUT2D eigenvalue weighted by Crippen LogP contribution is 2.46. The molecule has 0 radical (unpaired) electrons. The number of benzene rings is 1. The molecule has 4 rings (SSSR count). The van der Waals surface area contributed by atoms with Crippen LogP contribution in [0.4, 0.5) is 0 Å². The van der Waals surface area contributed by atoms with Gasteiger partial charge in [-0.05, 0) is 41.5 Å². The molecule has 0 amide bonds. The van der Waals surface area contributed by atoms with Gasteiger partial charge in [0, 0.05) is 11.6 Å². The predicted molar refractivity (Wildman–Crippen MR) is 81.8 cm³/mol. The van der Waals surface area contributed by atoms with Gasteiger partial charge in [0.1, 0.15) is 0 Å². The molecule has 0 saturated heterocycles. The molecule has 0 spiro atoms. The van der Waals surface area contributed by atoms with Crippen LogP contribution in [0.15, 0.2) is 54.8 Å². The van der Waals surface area contributed by atoms with Crippen LogP contribution in [0.5, 0.6) is 0 Å². The minimum Gasteiger partial charge on any atom is -0.256 e. The zero-order chi connectivity index (χ0) is 13.2. The summed E-state index contributed by atoms with van der Waals surface area (Å²) in [4.78, 5) is 4.41. The van der Waals surface area contributed by atoms with Crippen LogP contribution < -0.4 is 0 Å². The number of rotatable bonds is 1. The quantitative estimate of drug-likeness (QED) is 0.704. The van der Waals surface area contributed by atoms with E-state index in [1.54, 1.807) is 0 Å². The summed E-state index contributed by atoms with van der Waals surface area (Å²) >= 11 is 0. The summed E-state index contributed by atoms with van der Waals surface area (Å²) in [6, 6.07) is 10.5. The highest BCUT2D eigenvalue weighted by Gasteiger charge is 2.35. The molecule has 2 atom stereocenters. The summed E-state index contributed by atoms with van der Waals surface area (Å²) < 4.78 is 0. The Labute approximate surface area is 114 Å². The number of hydrogen-bond donors (Lipinski definition) is 0. The Bertz CT molecular complexity index is 646. The Kier molecular flexibility index (Phi) is 3.20. The Balaban J connectivity index is 0.000000528. The molecule has 0 N–H and O–H groups in total. The topological polar surface area (TPSA) is 12.9 Å². The average Bonchev–Trinajstić information content (AvgIpc) is 3.27. The van der Waals surface area contributed by atoms with Crippen molar-refractivity contribution < 1.29 is 0 Å². The van der Waals surface area contributed by atoms with E-state index in [4.69, 9.17) is 0 Å². The van der Waals surface area contributed by atoms with Gasteiger partial charge < -0.3 is 0 Å². The molecule has 2 aliphatic carbocycles. The predicted octanol–water partition coefficient (Wildman–Crippen LogP) is 4.85. The van der Waals surface area contributed by atoms with Crippen molar-refractivity contribution in [2.75, 3.05) is 0 Å². The van der Waals surface area contributed by atoms with E-state index in [0.29, 0.717) is 0 Å². The number of nitrogens with zero attached hydrogens (tertiary/aromatic N) is 1. The summed E-state index contributed by atoms with van der Waals surface area (Å²) in [5.74, 6) is 1.62. The van der Waals surface area contributed by atoms with Gasteiger partial charge in [0.05, 0.1) is 5.52 Å². The highest BCUT2D eigenvalue weighted by atomic mass is 14.6. The molecule has 19 heavy (non-hydrogen) atoms. The smallest absolute Gasteiger partial charge is 0.0708 e. The van der Waals surface area contributed by atoms with Crippen molar-refractivity contribution in [1.82, 2.24) is 4.98 Å². The van der Waals surface area contributed by atoms with Crippen molar-refractivity contribution in [3.63, 3.8) is 0 Å². The molecule has 1 heterocycles. The molecule has 1 fully saturated rings. The van der Waals surface area contributed by atoms with E-state index in [-0.39, 0.29) is 0 Å². The number of pyridine rings is 1. The standard InChI is InChI=1S/C16H13N.C2H6/c1-2-4-16-15(3-1)14(7-8-17-16)12-6-5-11-9-13(11)10-12;1-2/h1-8,10-11,13H,9H2;1-2H3. The van der Waals surface area contributed by atoms with Gasteiger partial charge in [0.25, 0.3) is 0 Å². The number of aromatic nitrogens is 1. The van der Waals surface area contributed by atoms with Crippen LogP contribution in [0, 0.1) is 11.8 Å². The monoisotopic (exact) mass is 249 g/mol. The lowest BCUT2D eigenvalue weighted by Crippen LogP contribution is -1.91. The maximum absolute atomic E-state index is 4.41. The maximum Gasteiger partial charge on any atom is 0.0708 e. The van der Waals surface area contributed by atoms with Crippen molar-refractivity contribution >= 4 is 16.5 Å². The molecule has 1 saturated carbocycles. The van der Waals surface area contributed by atoms with Crippen molar-refractivity contribution in [3.8, 4) is 0 Å². The lowest BCUT2D eigenvalue weighted by atomic mass is 9.97. The first-order valence-electron chi connectivity index (χ1n) is 7.16. The van der Waals surface area contributed by atoms with Crippen LogP contribution >= 0.6 is 0 Å². The Hall–Kier alpha value is -1.89. The molecular weight excluding hydrogens is 230 g/mol. The molecule has 1 nitrogen and oxygen atoms in total. The Morgan fingerprint density at radius 1 is 1.05 bits per heavy atom. The van der Waals surface area contributed by atoms with Crippen LogP contribution in [-0.2, 0) is 0 Å². The maximum atomic E-state index is 4.41. The van der Waals surface area contributed by atoms with E-state index in [0.717, 1.165) is 17.4 Å². The summed E-state index contributed by atoms with van der Waals surface area (Å²) in [6.07, 6.45) is 10.3. The fourth-order valence-corrected chi connectivity index (χ4v) is 2.69. The van der Waals surface area contributed by atoms with Gasteiger partial charge in [-0.25, -0.2) is 0 Å². The zero-order valence-electron chi connectivity index (χ0n) is 11.5. The molecule has 1 aromatic heterocycles. The zero-order valence-corrected chi connectivity index (χ0v) is 11.5. The molecule has 2 aliphatic rings. The van der Waals surface area contributed by atoms with Crippen molar-refractivity contribution in [1.29, 1.82) is 0 Å². The van der Waals surface area contributed by atoms with Crippen molar-refractivity contribution in [2.45, 2.75) is 20.3 Å². The lowest BCUT2D eigenvalue weighted by molar-refractivity contribution is 0.985. The van der Waals surface area contributed by atoms with Gasteiger partial charge in [-0.15, -0.1) is 0 Å². The van der Waals surface area contributed by atoms with Crippen LogP contribution in [0.25, 0.3) is 16.5 Å². The van der Waals surface area contributed by atoms with E-state index in [9.17, 15) is 0 Å². The highest BCUT2D eigenvalue weighted by molar-refractivity contribution is 5.94. The van der Waals surface area contributed by atoms with Crippen molar-refractivity contribution in [2.24, 2.45) is 11.8 Å². The largest absolute Gasteiger partial charge is 0.256 e. The molecule has 1 heteroatoms. The molecule has 2 aromatic rings. The average molecular weight is 249 g/mol. The van der Waals surface area contributed by atoms with E-state index >= 15 is 0 Å². The van der Waals surface area contributed by atoms with Crippen LogP contribution in [0.3, 0.4) is 0 Å². The van der Waals surface area contributed by atoms with Gasteiger partial charge >= 0.3 is 0 Å². The SMILES string of the molecule is C1=CC2CC2C=C1c1ccnc2ccccc12.CC. The van der Waals surface area contributed by atoms with Gasteiger partial charge in [0.2, 0.25) is 0 Å². The first-order chi connectivity index (χ1) is 9.42. The minimum absolute atomic E-state index is 0.793. The molecule has 96 valence electrons. The first-order valence-corrected chi connectivity index (χ1v) is 7.16. The fourth-order valence-electron chi connectivity index (χ4n) is 2.69. The number of hydrogen-bond acceptors (Lipinski definition) is 1. The number of para-hydroxylation sites is 1. The first kappa shape index (κ1) is 12.2. The summed E-state index contributed by atoms with van der Waals surface area (Å²) in [7, 11) is 0. The molecule has 0 aliphatic heterocycles. The third-order valence-electron chi connectivity index (χ3n) is 3.77. The molecular formula is C18H19N. The second-order valence-corrected chi connectivity index (χ2v) is 4.92. The summed E-state index contributed by atoms with van der Waals surface area (Å²) in [5.41, 5.74) is 3.76. The van der Waals surface area contributed by atoms with Crippen molar-refractivity contribution in [3.05, 3.63) is 60.3 Å².